The summed E-state index contributed by atoms with van der Waals surface area (Å²) in [5.74, 6) is -1.51. The summed E-state index contributed by atoms with van der Waals surface area (Å²) < 4.78 is 0.754. The molecule has 0 saturated carbocycles. The van der Waals surface area contributed by atoms with E-state index < -0.39 is 24.0 Å². The van der Waals surface area contributed by atoms with Crippen LogP contribution in [0.4, 0.5) is 11.4 Å². The molecule has 2 amide bonds. The van der Waals surface area contributed by atoms with Crippen molar-refractivity contribution in [3.63, 3.8) is 0 Å². The number of hydroxylamine groups is 1. The van der Waals surface area contributed by atoms with Crippen LogP contribution in [0.25, 0.3) is 0 Å². The third-order valence-electron chi connectivity index (χ3n) is 5.73. The molecule has 156 valence electrons. The van der Waals surface area contributed by atoms with Gasteiger partial charge in [0, 0.05) is 10.0 Å². The van der Waals surface area contributed by atoms with Crippen molar-refractivity contribution < 1.29 is 19.5 Å². The Bertz CT molecular complexity index is 1170. The molecule has 3 atom stereocenters. The predicted molar refractivity (Wildman–Crippen MR) is 120 cm³/mol. The fourth-order valence-corrected chi connectivity index (χ4v) is 4.62. The van der Waals surface area contributed by atoms with Crippen molar-refractivity contribution in [3.8, 4) is 5.75 Å². The van der Waals surface area contributed by atoms with Gasteiger partial charge in [0.25, 0.3) is 5.91 Å². The van der Waals surface area contributed by atoms with Crippen molar-refractivity contribution in [2.75, 3.05) is 9.96 Å². The number of imide groups is 1. The van der Waals surface area contributed by atoms with Crippen LogP contribution in [0.3, 0.4) is 0 Å². The lowest BCUT2D eigenvalue weighted by atomic mass is 9.90. The van der Waals surface area contributed by atoms with Gasteiger partial charge in [-0.15, -0.1) is 0 Å². The fourth-order valence-electron chi connectivity index (χ4n) is 4.24. The molecule has 0 bridgehead atoms. The van der Waals surface area contributed by atoms with Gasteiger partial charge in [-0.05, 0) is 49.4 Å². The number of amides is 2. The molecule has 2 aliphatic rings. The molecule has 1 N–H and O–H groups in total. The second-order valence-corrected chi connectivity index (χ2v) is 8.62. The maximum atomic E-state index is 13.5. The van der Waals surface area contributed by atoms with Gasteiger partial charge in [-0.25, -0.2) is 9.96 Å². The summed E-state index contributed by atoms with van der Waals surface area (Å²) in [6, 6.07) is 20.9. The van der Waals surface area contributed by atoms with Crippen LogP contribution in [0.1, 0.15) is 17.2 Å². The summed E-state index contributed by atoms with van der Waals surface area (Å²) in [6.45, 7) is 1.94. The van der Waals surface area contributed by atoms with Gasteiger partial charge >= 0.3 is 0 Å². The van der Waals surface area contributed by atoms with E-state index in [-0.39, 0.29) is 11.7 Å². The standard InChI is InChI=1S/C24H19BrN2O4/c1-14-7-10-16(11-8-14)26-23(29)20-21(18-13-15(25)9-12-19(18)28)27(31-22(20)24(26)30)17-5-3-2-4-6-17/h2-13,20-22,28H,1H3/t20-,21-,22+/m0/s1. The van der Waals surface area contributed by atoms with E-state index in [1.165, 1.54) is 4.90 Å². The third kappa shape index (κ3) is 3.21. The first-order valence-electron chi connectivity index (χ1n) is 9.89. The number of carbonyl (C=O) groups is 2. The van der Waals surface area contributed by atoms with Gasteiger partial charge in [0.2, 0.25) is 5.91 Å². The molecule has 3 aromatic carbocycles. The molecule has 2 aliphatic heterocycles. The maximum absolute atomic E-state index is 13.5. The number of carbonyl (C=O) groups excluding carboxylic acids is 2. The molecule has 0 aliphatic carbocycles. The molecule has 2 saturated heterocycles. The van der Waals surface area contributed by atoms with Gasteiger partial charge in [0.05, 0.1) is 17.4 Å². The van der Waals surface area contributed by atoms with E-state index in [9.17, 15) is 14.7 Å². The highest BCUT2D eigenvalue weighted by Crippen LogP contribution is 2.49. The number of anilines is 2. The highest BCUT2D eigenvalue weighted by molar-refractivity contribution is 9.10. The highest BCUT2D eigenvalue weighted by Gasteiger charge is 2.60. The van der Waals surface area contributed by atoms with Crippen molar-refractivity contribution in [1.29, 1.82) is 0 Å². The number of rotatable bonds is 3. The van der Waals surface area contributed by atoms with E-state index in [2.05, 4.69) is 15.9 Å². The topological polar surface area (TPSA) is 70.1 Å². The Morgan fingerprint density at radius 2 is 1.61 bits per heavy atom. The molecule has 0 unspecified atom stereocenters. The number of aryl methyl sites for hydroxylation is 1. The molecule has 0 aromatic heterocycles. The first-order valence-corrected chi connectivity index (χ1v) is 10.7. The second-order valence-electron chi connectivity index (χ2n) is 7.71. The minimum absolute atomic E-state index is 0.0346. The Hall–Kier alpha value is -3.16. The van der Waals surface area contributed by atoms with Gasteiger partial charge in [-0.2, -0.15) is 0 Å². The van der Waals surface area contributed by atoms with E-state index in [0.29, 0.717) is 16.9 Å². The number of hydrogen-bond donors (Lipinski definition) is 1. The van der Waals surface area contributed by atoms with Gasteiger partial charge < -0.3 is 5.11 Å². The lowest BCUT2D eigenvalue weighted by Crippen LogP contribution is -2.37. The average molecular weight is 479 g/mol. The number of fused-ring (bicyclic) bond motifs is 1. The van der Waals surface area contributed by atoms with Crippen molar-refractivity contribution in [3.05, 3.63) is 88.4 Å². The zero-order valence-corrected chi connectivity index (χ0v) is 18.2. The molecule has 0 radical (unpaired) electrons. The second kappa shape index (κ2) is 7.51. The van der Waals surface area contributed by atoms with Gasteiger partial charge in [-0.1, -0.05) is 51.8 Å². The van der Waals surface area contributed by atoms with E-state index in [1.54, 1.807) is 35.4 Å². The summed E-state index contributed by atoms with van der Waals surface area (Å²) in [4.78, 5) is 34.1. The normalized spacial score (nSPS) is 22.8. The Balaban J connectivity index is 1.62. The summed E-state index contributed by atoms with van der Waals surface area (Å²) in [5, 5.41) is 12.2. The zero-order valence-electron chi connectivity index (χ0n) is 16.6. The number of benzene rings is 3. The first kappa shape index (κ1) is 19.8. The smallest absolute Gasteiger partial charge is 0.266 e. The fraction of sp³-hybridized carbons (Fsp3) is 0.167. The summed E-state index contributed by atoms with van der Waals surface area (Å²) >= 11 is 3.44. The largest absolute Gasteiger partial charge is 0.508 e. The number of nitrogens with zero attached hydrogens (tertiary/aromatic N) is 2. The number of para-hydroxylation sites is 1. The number of phenolic OH excluding ortho intramolecular Hbond substituents is 1. The average Bonchev–Trinajstić information content (AvgIpc) is 3.28. The Morgan fingerprint density at radius 1 is 0.903 bits per heavy atom. The minimum atomic E-state index is -0.975. The van der Waals surface area contributed by atoms with Crippen molar-refractivity contribution >= 4 is 39.1 Å². The first-order chi connectivity index (χ1) is 15.0. The van der Waals surface area contributed by atoms with Crippen LogP contribution in [0, 0.1) is 12.8 Å². The molecule has 5 rings (SSSR count). The molecule has 31 heavy (non-hydrogen) atoms. The van der Waals surface area contributed by atoms with Crippen LogP contribution in [0.2, 0.25) is 0 Å². The van der Waals surface area contributed by atoms with Gasteiger partial charge in [0.15, 0.2) is 6.10 Å². The monoisotopic (exact) mass is 478 g/mol. The third-order valence-corrected chi connectivity index (χ3v) is 6.22. The number of hydrogen-bond acceptors (Lipinski definition) is 5. The van der Waals surface area contributed by atoms with Crippen LogP contribution in [0.15, 0.2) is 77.3 Å². The van der Waals surface area contributed by atoms with Crippen LogP contribution in [-0.2, 0) is 14.4 Å². The van der Waals surface area contributed by atoms with Crippen molar-refractivity contribution in [2.45, 2.75) is 19.1 Å². The van der Waals surface area contributed by atoms with E-state index in [4.69, 9.17) is 4.84 Å². The molecular weight excluding hydrogens is 460 g/mol. The summed E-state index contributed by atoms with van der Waals surface area (Å²) in [7, 11) is 0. The molecule has 7 heteroatoms. The Kier molecular flexibility index (Phi) is 4.79. The van der Waals surface area contributed by atoms with E-state index >= 15 is 0 Å². The maximum Gasteiger partial charge on any atom is 0.266 e. The van der Waals surface area contributed by atoms with Crippen molar-refractivity contribution in [2.24, 2.45) is 5.92 Å². The zero-order chi connectivity index (χ0) is 21.7. The van der Waals surface area contributed by atoms with Crippen LogP contribution in [-0.4, -0.2) is 23.0 Å². The number of phenols is 1. The predicted octanol–water partition coefficient (Wildman–Crippen LogP) is 4.51. The molecule has 3 aromatic rings. The lowest BCUT2D eigenvalue weighted by Gasteiger charge is -2.29. The number of halogens is 1. The summed E-state index contributed by atoms with van der Waals surface area (Å²) in [6.07, 6.45) is -0.975. The van der Waals surface area contributed by atoms with Gasteiger partial charge in [-0.3, -0.25) is 14.4 Å². The Labute approximate surface area is 187 Å². The molecule has 0 spiro atoms. The minimum Gasteiger partial charge on any atom is -0.508 e. The molecule has 2 heterocycles. The van der Waals surface area contributed by atoms with Crippen LogP contribution >= 0.6 is 15.9 Å². The molecule has 2 fully saturated rings. The van der Waals surface area contributed by atoms with Crippen LogP contribution < -0.4 is 9.96 Å². The molecular formula is C24H19BrN2O4. The van der Waals surface area contributed by atoms with E-state index in [0.717, 1.165) is 10.0 Å². The SMILES string of the molecule is Cc1ccc(N2C(=O)[C@@H]3[C@@H](ON(c4ccccc4)[C@H]3c3cc(Br)ccc3O)C2=O)cc1. The van der Waals surface area contributed by atoms with E-state index in [1.807, 2.05) is 49.4 Å². The number of aromatic hydroxyl groups is 1. The van der Waals surface area contributed by atoms with Gasteiger partial charge in [0.1, 0.15) is 11.7 Å². The molecule has 6 nitrogen and oxygen atoms in total. The lowest BCUT2D eigenvalue weighted by molar-refractivity contribution is -0.126. The quantitative estimate of drug-likeness (QED) is 0.560. The Morgan fingerprint density at radius 3 is 2.32 bits per heavy atom. The summed E-state index contributed by atoms with van der Waals surface area (Å²) in [5.41, 5.74) is 2.76. The van der Waals surface area contributed by atoms with Crippen LogP contribution in [0.5, 0.6) is 5.75 Å². The highest BCUT2D eigenvalue weighted by atomic mass is 79.9. The van der Waals surface area contributed by atoms with Crippen molar-refractivity contribution in [1.82, 2.24) is 0 Å².